The number of benzene rings is 4. The van der Waals surface area contributed by atoms with Crippen molar-refractivity contribution in [1.29, 1.82) is 0 Å². The van der Waals surface area contributed by atoms with Gasteiger partial charge in [0, 0.05) is 35.8 Å². The van der Waals surface area contributed by atoms with Crippen molar-refractivity contribution in [2.75, 3.05) is 11.4 Å². The van der Waals surface area contributed by atoms with Crippen LogP contribution in [0.1, 0.15) is 24.5 Å². The first kappa shape index (κ1) is 24.8. The van der Waals surface area contributed by atoms with Crippen molar-refractivity contribution in [2.24, 2.45) is 0 Å². The van der Waals surface area contributed by atoms with Gasteiger partial charge in [0.2, 0.25) is 0 Å². The van der Waals surface area contributed by atoms with Crippen LogP contribution >= 0.6 is 12.2 Å². The summed E-state index contributed by atoms with van der Waals surface area (Å²) in [5.74, 6) is -0.764. The Bertz CT molecular complexity index is 1770. The number of anilines is 1. The maximum Gasteiger partial charge on any atom is 0.270 e. The lowest BCUT2D eigenvalue weighted by molar-refractivity contribution is -0.127. The summed E-state index contributed by atoms with van der Waals surface area (Å²) in [6.45, 7) is 3.09. The molecule has 1 aliphatic rings. The Balaban J connectivity index is 1.43. The van der Waals surface area contributed by atoms with Gasteiger partial charge in [-0.2, -0.15) is 0 Å². The van der Waals surface area contributed by atoms with E-state index >= 15 is 0 Å². The Morgan fingerprint density at radius 2 is 1.51 bits per heavy atom. The van der Waals surface area contributed by atoms with Gasteiger partial charge >= 0.3 is 0 Å². The van der Waals surface area contributed by atoms with Gasteiger partial charge in [0.15, 0.2) is 5.11 Å². The summed E-state index contributed by atoms with van der Waals surface area (Å²) < 4.78 is 2.17. The van der Waals surface area contributed by atoms with Crippen molar-refractivity contribution < 1.29 is 9.59 Å². The van der Waals surface area contributed by atoms with E-state index in [1.54, 1.807) is 6.08 Å². The molecule has 0 aliphatic carbocycles. The van der Waals surface area contributed by atoms with E-state index in [9.17, 15) is 9.59 Å². The summed E-state index contributed by atoms with van der Waals surface area (Å²) in [5, 5.41) is 3.60. The van der Waals surface area contributed by atoms with E-state index in [-0.39, 0.29) is 16.6 Å². The Kier molecular flexibility index (Phi) is 6.55. The molecular weight excluding hydrogens is 502 g/mol. The lowest BCUT2D eigenvalue weighted by Gasteiger charge is -2.36. The number of hydrogen-bond acceptors (Lipinski definition) is 3. The molecule has 1 fully saturated rings. The topological polar surface area (TPSA) is 45.6 Å². The van der Waals surface area contributed by atoms with Gasteiger partial charge in [-0.05, 0) is 65.3 Å². The molecule has 1 aliphatic heterocycles. The zero-order chi connectivity index (χ0) is 26.9. The highest BCUT2D eigenvalue weighted by Gasteiger charge is 2.40. The first-order valence-corrected chi connectivity index (χ1v) is 13.5. The number of fused-ring (bicyclic) bond motifs is 2. The van der Waals surface area contributed by atoms with E-state index in [1.807, 2.05) is 73.8 Å². The van der Waals surface area contributed by atoms with Gasteiger partial charge in [0.1, 0.15) is 5.57 Å². The minimum Gasteiger partial charge on any atom is -0.342 e. The minimum absolute atomic E-state index is 0.106. The average Bonchev–Trinajstić information content (AvgIpc) is 3.31. The molecule has 1 saturated heterocycles. The van der Waals surface area contributed by atoms with E-state index in [0.29, 0.717) is 18.8 Å². The number of aromatic nitrogens is 1. The third-order valence-corrected chi connectivity index (χ3v) is 7.48. The summed E-state index contributed by atoms with van der Waals surface area (Å²) in [4.78, 5) is 30.4. The molecule has 0 bridgehead atoms. The molecule has 0 saturated carbocycles. The zero-order valence-corrected chi connectivity index (χ0v) is 22.4. The summed E-state index contributed by atoms with van der Waals surface area (Å²) in [7, 11) is 0. The van der Waals surface area contributed by atoms with Crippen molar-refractivity contribution >= 4 is 62.6 Å². The molecule has 5 aromatic rings. The lowest BCUT2D eigenvalue weighted by atomic mass is 10.0. The van der Waals surface area contributed by atoms with Crippen molar-refractivity contribution in [1.82, 2.24) is 9.47 Å². The normalized spacial score (nSPS) is 15.2. The molecule has 39 heavy (non-hydrogen) atoms. The predicted molar refractivity (Wildman–Crippen MR) is 161 cm³/mol. The van der Waals surface area contributed by atoms with Crippen LogP contribution < -0.4 is 4.90 Å². The van der Waals surface area contributed by atoms with Crippen molar-refractivity contribution in [2.45, 2.75) is 19.9 Å². The maximum atomic E-state index is 13.8. The molecule has 0 unspecified atom stereocenters. The Labute approximate surface area is 232 Å². The number of thiocarbonyl (C=S) groups is 1. The second kappa shape index (κ2) is 10.3. The SMILES string of the molecule is CCCN1C(=O)/C(=C\c2cn(Cc3ccc4ccccc4c3)c3ccccc23)C(=O)N(c2ccccc2)C1=S. The monoisotopic (exact) mass is 529 g/mol. The first-order valence-electron chi connectivity index (χ1n) is 13.1. The Morgan fingerprint density at radius 1 is 0.795 bits per heavy atom. The number of para-hydroxylation sites is 2. The molecule has 5 nitrogen and oxygen atoms in total. The average molecular weight is 530 g/mol. The molecule has 2 heterocycles. The first-order chi connectivity index (χ1) is 19.0. The molecule has 4 aromatic carbocycles. The van der Waals surface area contributed by atoms with Gasteiger partial charge < -0.3 is 4.57 Å². The Morgan fingerprint density at radius 3 is 2.31 bits per heavy atom. The second-order valence-corrected chi connectivity index (χ2v) is 10.0. The number of rotatable bonds is 6. The van der Waals surface area contributed by atoms with Crippen molar-refractivity contribution in [3.05, 3.63) is 120 Å². The van der Waals surface area contributed by atoms with Crippen LogP contribution in [-0.4, -0.2) is 32.9 Å². The van der Waals surface area contributed by atoms with E-state index in [0.717, 1.165) is 22.9 Å². The Hall–Kier alpha value is -4.55. The van der Waals surface area contributed by atoms with Gasteiger partial charge in [-0.15, -0.1) is 0 Å². The lowest BCUT2D eigenvalue weighted by Crippen LogP contribution is -2.56. The molecule has 6 heteroatoms. The third kappa shape index (κ3) is 4.53. The number of carbonyl (C=O) groups is 2. The molecule has 0 atom stereocenters. The van der Waals surface area contributed by atoms with E-state index in [1.165, 1.54) is 26.1 Å². The summed E-state index contributed by atoms with van der Waals surface area (Å²) >= 11 is 5.63. The van der Waals surface area contributed by atoms with Crippen LogP contribution in [0, 0.1) is 0 Å². The smallest absolute Gasteiger partial charge is 0.270 e. The van der Waals surface area contributed by atoms with Crippen LogP contribution in [0.5, 0.6) is 0 Å². The summed E-state index contributed by atoms with van der Waals surface area (Å²) in [6, 6.07) is 32.1. The molecular formula is C33H27N3O2S. The van der Waals surface area contributed by atoms with E-state index < -0.39 is 5.91 Å². The molecule has 0 N–H and O–H groups in total. The molecule has 0 radical (unpaired) electrons. The molecule has 192 valence electrons. The number of nitrogens with zero attached hydrogens (tertiary/aromatic N) is 3. The molecule has 1 aromatic heterocycles. The van der Waals surface area contributed by atoms with Gasteiger partial charge in [-0.25, -0.2) is 0 Å². The fraction of sp³-hybridized carbons (Fsp3) is 0.121. The minimum atomic E-state index is -0.407. The molecule has 6 rings (SSSR count). The largest absolute Gasteiger partial charge is 0.342 e. The summed E-state index contributed by atoms with van der Waals surface area (Å²) in [6.07, 6.45) is 4.47. The zero-order valence-electron chi connectivity index (χ0n) is 21.6. The fourth-order valence-corrected chi connectivity index (χ4v) is 5.57. The van der Waals surface area contributed by atoms with Gasteiger partial charge in [0.25, 0.3) is 11.8 Å². The molecule has 0 spiro atoms. The highest BCUT2D eigenvalue weighted by molar-refractivity contribution is 7.80. The van der Waals surface area contributed by atoms with Gasteiger partial charge in [0.05, 0.1) is 5.69 Å². The van der Waals surface area contributed by atoms with Crippen LogP contribution in [0.25, 0.3) is 27.8 Å². The maximum absolute atomic E-state index is 13.8. The van der Waals surface area contributed by atoms with E-state index in [2.05, 4.69) is 41.0 Å². The van der Waals surface area contributed by atoms with Crippen LogP contribution in [-0.2, 0) is 16.1 Å². The number of hydrogen-bond donors (Lipinski definition) is 0. The van der Waals surface area contributed by atoms with Crippen molar-refractivity contribution in [3.8, 4) is 0 Å². The van der Waals surface area contributed by atoms with Crippen molar-refractivity contribution in [3.63, 3.8) is 0 Å². The highest BCUT2D eigenvalue weighted by Crippen LogP contribution is 2.30. The quantitative estimate of drug-likeness (QED) is 0.138. The number of amides is 2. The van der Waals surface area contributed by atoms with Gasteiger partial charge in [-0.3, -0.25) is 19.4 Å². The predicted octanol–water partition coefficient (Wildman–Crippen LogP) is 6.80. The van der Waals surface area contributed by atoms with E-state index in [4.69, 9.17) is 12.2 Å². The van der Waals surface area contributed by atoms with Crippen LogP contribution in [0.15, 0.2) is 109 Å². The second-order valence-electron chi connectivity index (χ2n) is 9.68. The van der Waals surface area contributed by atoms with Gasteiger partial charge in [-0.1, -0.05) is 79.7 Å². The highest BCUT2D eigenvalue weighted by atomic mass is 32.1. The summed E-state index contributed by atoms with van der Waals surface area (Å²) in [5.41, 5.74) is 3.78. The number of carbonyl (C=O) groups excluding carboxylic acids is 2. The van der Waals surface area contributed by atoms with Crippen LogP contribution in [0.3, 0.4) is 0 Å². The fourth-order valence-electron chi connectivity index (χ4n) is 5.21. The third-order valence-electron chi connectivity index (χ3n) is 7.08. The van der Waals surface area contributed by atoms with Crippen LogP contribution in [0.2, 0.25) is 0 Å². The van der Waals surface area contributed by atoms with Crippen LogP contribution in [0.4, 0.5) is 5.69 Å². The standard InChI is InChI=1S/C33H27N3O2S/c1-2-18-35-31(37)29(32(38)36(33(35)39)27-12-4-3-5-13-27)20-26-22-34(30-15-9-8-14-28(26)30)21-23-16-17-24-10-6-7-11-25(24)19-23/h3-17,19-20,22H,2,18,21H2,1H3/b29-20+. The molecule has 2 amide bonds.